The molecule has 124 valence electrons. The highest BCUT2D eigenvalue weighted by Gasteiger charge is 2.23. The molecule has 1 N–H and O–H groups in total. The van der Waals surface area contributed by atoms with E-state index in [1.165, 1.54) is 49.5 Å². The first-order chi connectivity index (χ1) is 11.4. The summed E-state index contributed by atoms with van der Waals surface area (Å²) in [7, 11) is 0. The number of nitrogens with one attached hydrogen (secondary N) is 1. The van der Waals surface area contributed by atoms with E-state index in [1.807, 2.05) is 0 Å². The zero-order valence-electron chi connectivity index (χ0n) is 12.4. The lowest BCUT2D eigenvalue weighted by Crippen LogP contribution is -2.30. The molecule has 0 radical (unpaired) electrons. The van der Waals surface area contributed by atoms with Crippen molar-refractivity contribution in [2.45, 2.75) is 13.0 Å². The van der Waals surface area contributed by atoms with Gasteiger partial charge in [0.15, 0.2) is 6.10 Å². The number of hydrogen-bond donors (Lipinski definition) is 1. The van der Waals surface area contributed by atoms with Crippen LogP contribution in [0.2, 0.25) is 5.15 Å². The van der Waals surface area contributed by atoms with Gasteiger partial charge in [0.2, 0.25) is 0 Å². The van der Waals surface area contributed by atoms with Crippen LogP contribution < -0.4 is 5.32 Å². The highest BCUT2D eigenvalue weighted by atomic mass is 35.5. The van der Waals surface area contributed by atoms with Crippen LogP contribution in [0.3, 0.4) is 0 Å². The minimum absolute atomic E-state index is 0.00908. The minimum Gasteiger partial charge on any atom is -0.449 e. The molecule has 2 rings (SSSR count). The molecule has 2 aromatic rings. The predicted octanol–water partition coefficient (Wildman–Crippen LogP) is 2.83. The Morgan fingerprint density at radius 1 is 1.29 bits per heavy atom. The Kier molecular flexibility index (Phi) is 5.43. The van der Waals surface area contributed by atoms with Crippen LogP contribution in [0.1, 0.15) is 17.3 Å². The molecule has 1 amide bonds. The summed E-state index contributed by atoms with van der Waals surface area (Å²) in [6.45, 7) is 1.34. The molecule has 0 aliphatic heterocycles. The van der Waals surface area contributed by atoms with Gasteiger partial charge in [0.25, 0.3) is 11.6 Å². The molecule has 0 aliphatic rings. The molecule has 0 aliphatic carbocycles. The maximum absolute atomic E-state index is 12.1. The molecule has 24 heavy (non-hydrogen) atoms. The average molecular weight is 350 g/mol. The molecular weight excluding hydrogens is 338 g/mol. The monoisotopic (exact) mass is 349 g/mol. The normalized spacial score (nSPS) is 11.4. The van der Waals surface area contributed by atoms with Gasteiger partial charge in [-0.3, -0.25) is 14.9 Å². The summed E-state index contributed by atoms with van der Waals surface area (Å²) in [6, 6.07) is 8.55. The smallest absolute Gasteiger partial charge is 0.342 e. The van der Waals surface area contributed by atoms with Crippen molar-refractivity contribution in [1.29, 1.82) is 0 Å². The molecule has 0 spiro atoms. The number of anilines is 1. The molecule has 9 heteroatoms. The zero-order valence-corrected chi connectivity index (χ0v) is 13.2. The second-order valence-corrected chi connectivity index (χ2v) is 5.01. The van der Waals surface area contributed by atoms with Gasteiger partial charge in [0, 0.05) is 12.3 Å². The summed E-state index contributed by atoms with van der Waals surface area (Å²) in [5, 5.41) is 13.2. The van der Waals surface area contributed by atoms with Gasteiger partial charge in [-0.1, -0.05) is 23.7 Å². The van der Waals surface area contributed by atoms with E-state index in [-0.39, 0.29) is 22.1 Å². The van der Waals surface area contributed by atoms with Gasteiger partial charge in [-0.05, 0) is 25.1 Å². The van der Waals surface area contributed by atoms with E-state index < -0.39 is 22.9 Å². The fourth-order valence-electron chi connectivity index (χ4n) is 1.79. The maximum atomic E-state index is 12.1. The van der Waals surface area contributed by atoms with Gasteiger partial charge in [-0.2, -0.15) is 0 Å². The zero-order chi connectivity index (χ0) is 17.7. The van der Waals surface area contributed by atoms with Crippen molar-refractivity contribution in [3.8, 4) is 0 Å². The average Bonchev–Trinajstić information content (AvgIpc) is 2.55. The lowest BCUT2D eigenvalue weighted by Gasteiger charge is -2.13. The number of pyridine rings is 1. The summed E-state index contributed by atoms with van der Waals surface area (Å²) >= 11 is 5.78. The van der Waals surface area contributed by atoms with Crippen LogP contribution in [0.5, 0.6) is 0 Å². The number of benzene rings is 1. The second kappa shape index (κ2) is 7.51. The third-order valence-electron chi connectivity index (χ3n) is 2.99. The molecule has 0 saturated carbocycles. The summed E-state index contributed by atoms with van der Waals surface area (Å²) in [5.41, 5.74) is -0.237. The van der Waals surface area contributed by atoms with E-state index in [2.05, 4.69) is 10.3 Å². The lowest BCUT2D eigenvalue weighted by molar-refractivity contribution is -0.383. The van der Waals surface area contributed by atoms with E-state index in [9.17, 15) is 19.7 Å². The van der Waals surface area contributed by atoms with Gasteiger partial charge < -0.3 is 10.1 Å². The number of amides is 1. The van der Waals surface area contributed by atoms with Gasteiger partial charge >= 0.3 is 5.97 Å². The van der Waals surface area contributed by atoms with Crippen LogP contribution in [0.4, 0.5) is 11.4 Å². The standard InChI is InChI=1S/C15H12ClN3O5/c1-9(24-15(21)10-5-4-8-17-13(10)16)14(20)18-11-6-2-3-7-12(11)19(22)23/h2-9H,1H3,(H,18,20)/t9-/m1/s1. The quantitative estimate of drug-likeness (QED) is 0.384. The Morgan fingerprint density at radius 2 is 2.00 bits per heavy atom. The molecule has 0 unspecified atom stereocenters. The summed E-state index contributed by atoms with van der Waals surface area (Å²) in [4.78, 5) is 38.1. The van der Waals surface area contributed by atoms with Crippen LogP contribution >= 0.6 is 11.6 Å². The first-order valence-corrected chi connectivity index (χ1v) is 7.13. The third-order valence-corrected chi connectivity index (χ3v) is 3.29. The van der Waals surface area contributed by atoms with Gasteiger partial charge in [-0.25, -0.2) is 9.78 Å². The third kappa shape index (κ3) is 4.05. The Balaban J connectivity index is 2.07. The van der Waals surface area contributed by atoms with Crippen molar-refractivity contribution < 1.29 is 19.2 Å². The van der Waals surface area contributed by atoms with Crippen molar-refractivity contribution in [1.82, 2.24) is 4.98 Å². The molecular formula is C15H12ClN3O5. The van der Waals surface area contributed by atoms with Crippen molar-refractivity contribution in [2.24, 2.45) is 0 Å². The Hall–Kier alpha value is -3.00. The number of nitrogens with zero attached hydrogens (tertiary/aromatic N) is 2. The number of carbonyl (C=O) groups excluding carboxylic acids is 2. The van der Waals surface area contributed by atoms with Crippen molar-refractivity contribution in [3.63, 3.8) is 0 Å². The van der Waals surface area contributed by atoms with Gasteiger partial charge in [-0.15, -0.1) is 0 Å². The van der Waals surface area contributed by atoms with E-state index in [0.717, 1.165) is 0 Å². The Labute approximate surface area is 141 Å². The summed E-state index contributed by atoms with van der Waals surface area (Å²) < 4.78 is 5.01. The molecule has 8 nitrogen and oxygen atoms in total. The van der Waals surface area contributed by atoms with Crippen LogP contribution in [0.25, 0.3) is 0 Å². The van der Waals surface area contributed by atoms with Crippen molar-refractivity contribution in [3.05, 3.63) is 63.4 Å². The van der Waals surface area contributed by atoms with E-state index in [0.29, 0.717) is 0 Å². The predicted molar refractivity (Wildman–Crippen MR) is 85.9 cm³/mol. The fraction of sp³-hybridized carbons (Fsp3) is 0.133. The largest absolute Gasteiger partial charge is 0.449 e. The molecule has 1 atom stereocenters. The van der Waals surface area contributed by atoms with E-state index in [4.69, 9.17) is 16.3 Å². The molecule has 1 heterocycles. The van der Waals surface area contributed by atoms with Gasteiger partial charge in [0.05, 0.1) is 10.5 Å². The number of esters is 1. The van der Waals surface area contributed by atoms with Crippen molar-refractivity contribution >= 4 is 34.9 Å². The second-order valence-electron chi connectivity index (χ2n) is 4.65. The summed E-state index contributed by atoms with van der Waals surface area (Å²) in [6.07, 6.45) is 0.220. The first-order valence-electron chi connectivity index (χ1n) is 6.76. The van der Waals surface area contributed by atoms with Crippen LogP contribution in [-0.2, 0) is 9.53 Å². The maximum Gasteiger partial charge on any atom is 0.342 e. The number of halogens is 1. The highest BCUT2D eigenvalue weighted by molar-refractivity contribution is 6.32. The number of nitro groups is 1. The molecule has 0 saturated heterocycles. The first kappa shape index (κ1) is 17.4. The van der Waals surface area contributed by atoms with Gasteiger partial charge in [0.1, 0.15) is 10.8 Å². The Bertz CT molecular complexity index is 796. The van der Waals surface area contributed by atoms with E-state index >= 15 is 0 Å². The van der Waals surface area contributed by atoms with Crippen LogP contribution in [0.15, 0.2) is 42.6 Å². The Morgan fingerprint density at radius 3 is 2.67 bits per heavy atom. The molecule has 0 bridgehead atoms. The number of carbonyl (C=O) groups is 2. The molecule has 1 aromatic carbocycles. The number of nitro benzene ring substituents is 1. The minimum atomic E-state index is -1.19. The fourth-order valence-corrected chi connectivity index (χ4v) is 1.99. The number of ether oxygens (including phenoxy) is 1. The van der Waals surface area contributed by atoms with Crippen LogP contribution in [0, 0.1) is 10.1 Å². The lowest BCUT2D eigenvalue weighted by atomic mass is 10.2. The van der Waals surface area contributed by atoms with Crippen LogP contribution in [-0.4, -0.2) is 27.9 Å². The number of rotatable bonds is 5. The molecule has 0 fully saturated rings. The van der Waals surface area contributed by atoms with E-state index in [1.54, 1.807) is 0 Å². The molecule has 1 aromatic heterocycles. The number of para-hydroxylation sites is 2. The SMILES string of the molecule is C[C@@H](OC(=O)c1cccnc1Cl)C(=O)Nc1ccccc1[N+](=O)[O-]. The topological polar surface area (TPSA) is 111 Å². The highest BCUT2D eigenvalue weighted by Crippen LogP contribution is 2.23. The summed E-state index contributed by atoms with van der Waals surface area (Å²) in [5.74, 6) is -1.53. The number of aromatic nitrogens is 1. The van der Waals surface area contributed by atoms with Crippen molar-refractivity contribution in [2.75, 3.05) is 5.32 Å². The number of hydrogen-bond acceptors (Lipinski definition) is 6.